The molecule has 0 amide bonds. The molecule has 0 aliphatic heterocycles. The molecule has 0 saturated carbocycles. The molecule has 1 aromatic rings. The van der Waals surface area contributed by atoms with Crippen LogP contribution in [-0.2, 0) is 6.54 Å². The molecule has 0 aromatic heterocycles. The van der Waals surface area contributed by atoms with Crippen LogP contribution in [0, 0.1) is 0 Å². The Bertz CT molecular complexity index is 506. The van der Waals surface area contributed by atoms with Crippen LogP contribution in [0.2, 0.25) is 0 Å². The molecule has 0 fully saturated rings. The number of phenolic OH excluding ortho intramolecular Hbond substituents is 1. The van der Waals surface area contributed by atoms with Crippen LogP contribution in [0.1, 0.15) is 51.0 Å². The molecule has 0 unspecified atom stereocenters. The molecular formula is C17H31Cl2N5O. The Labute approximate surface area is 163 Å². The highest BCUT2D eigenvalue weighted by Gasteiger charge is 1.97. The van der Waals surface area contributed by atoms with E-state index >= 15 is 0 Å². The van der Waals surface area contributed by atoms with Crippen LogP contribution < -0.4 is 16.8 Å². The predicted molar refractivity (Wildman–Crippen MR) is 111 cm³/mol. The molecule has 0 bridgehead atoms. The molecule has 0 heterocycles. The highest BCUT2D eigenvalue weighted by molar-refractivity contribution is 5.97. The third-order valence-electron chi connectivity index (χ3n) is 3.42. The van der Waals surface area contributed by atoms with Gasteiger partial charge in [-0.05, 0) is 24.1 Å². The molecule has 0 atom stereocenters. The number of hydrogen-bond donors (Lipinski definition) is 4. The summed E-state index contributed by atoms with van der Waals surface area (Å²) in [6, 6.07) is 6.82. The fourth-order valence-corrected chi connectivity index (χ4v) is 2.08. The van der Waals surface area contributed by atoms with Gasteiger partial charge in [-0.1, -0.05) is 51.2 Å². The van der Waals surface area contributed by atoms with Crippen LogP contribution in [0.25, 0.3) is 0 Å². The van der Waals surface area contributed by atoms with Crippen molar-refractivity contribution in [3.05, 3.63) is 29.8 Å². The normalized spacial score (nSPS) is 11.4. The van der Waals surface area contributed by atoms with E-state index < -0.39 is 0 Å². The van der Waals surface area contributed by atoms with Gasteiger partial charge in [-0.2, -0.15) is 0 Å². The van der Waals surface area contributed by atoms with Crippen LogP contribution in [0.3, 0.4) is 0 Å². The number of rotatable bonds is 9. The van der Waals surface area contributed by atoms with Crippen molar-refractivity contribution in [2.75, 3.05) is 6.54 Å². The number of guanidine groups is 2. The third-order valence-corrected chi connectivity index (χ3v) is 3.42. The van der Waals surface area contributed by atoms with Crippen molar-refractivity contribution in [3.8, 4) is 5.75 Å². The minimum Gasteiger partial charge on any atom is -0.508 e. The maximum absolute atomic E-state index is 9.21. The molecule has 144 valence electrons. The number of halogens is 2. The average molecular weight is 392 g/mol. The fraction of sp³-hybridized carbons (Fsp3) is 0.529. The number of aliphatic imine (C=N–C) groups is 2. The van der Waals surface area contributed by atoms with Gasteiger partial charge < -0.3 is 16.6 Å². The monoisotopic (exact) mass is 391 g/mol. The lowest BCUT2D eigenvalue weighted by molar-refractivity contribution is 0.475. The quantitative estimate of drug-likeness (QED) is 0.294. The first-order valence-corrected chi connectivity index (χ1v) is 8.26. The topological polar surface area (TPSA) is 109 Å². The molecule has 0 radical (unpaired) electrons. The van der Waals surface area contributed by atoms with E-state index in [4.69, 9.17) is 11.5 Å². The number of aromatic hydroxyl groups is 1. The third kappa shape index (κ3) is 13.3. The summed E-state index contributed by atoms with van der Waals surface area (Å²) in [4.78, 5) is 8.42. The van der Waals surface area contributed by atoms with E-state index in [0.717, 1.165) is 12.0 Å². The molecule has 0 aliphatic rings. The second-order valence-electron chi connectivity index (χ2n) is 5.53. The Hall–Kier alpha value is -1.66. The van der Waals surface area contributed by atoms with Crippen LogP contribution in [-0.4, -0.2) is 23.6 Å². The zero-order chi connectivity index (χ0) is 16.9. The van der Waals surface area contributed by atoms with Crippen molar-refractivity contribution >= 4 is 36.7 Å². The second kappa shape index (κ2) is 15.8. The first kappa shape index (κ1) is 25.6. The van der Waals surface area contributed by atoms with Gasteiger partial charge in [-0.25, -0.2) is 4.99 Å². The van der Waals surface area contributed by atoms with Crippen molar-refractivity contribution < 1.29 is 5.11 Å². The number of hydrogen-bond acceptors (Lipinski definition) is 3. The maximum Gasteiger partial charge on any atom is 0.195 e. The summed E-state index contributed by atoms with van der Waals surface area (Å²) in [6.45, 7) is 3.34. The van der Waals surface area contributed by atoms with Gasteiger partial charge in [-0.15, -0.1) is 24.8 Å². The summed E-state index contributed by atoms with van der Waals surface area (Å²) in [5.41, 5.74) is 12.5. The van der Waals surface area contributed by atoms with Crippen molar-refractivity contribution in [1.82, 2.24) is 5.32 Å². The minimum atomic E-state index is 0. The largest absolute Gasteiger partial charge is 0.508 e. The van der Waals surface area contributed by atoms with Gasteiger partial charge >= 0.3 is 0 Å². The summed E-state index contributed by atoms with van der Waals surface area (Å²) in [5, 5.41) is 12.0. The molecule has 0 spiro atoms. The van der Waals surface area contributed by atoms with Crippen LogP contribution in [0.5, 0.6) is 5.75 Å². The first-order chi connectivity index (χ1) is 11.1. The number of benzene rings is 1. The standard InChI is InChI=1S/C17H29N5O.2ClH/c1-2-3-4-5-6-7-12-20-16(18)22-17(19)21-13-14-8-10-15(23)11-9-14;;/h8-11,23H,2-7,12-13H2,1H3,(H5,18,19,20,21,22);2*1H. The van der Waals surface area contributed by atoms with Gasteiger partial charge in [0, 0.05) is 6.54 Å². The smallest absolute Gasteiger partial charge is 0.195 e. The summed E-state index contributed by atoms with van der Waals surface area (Å²) in [7, 11) is 0. The van der Waals surface area contributed by atoms with Crippen molar-refractivity contribution in [3.63, 3.8) is 0 Å². The maximum atomic E-state index is 9.21. The number of phenols is 1. The Morgan fingerprint density at radius 3 is 2.12 bits per heavy atom. The number of nitrogens with one attached hydrogen (secondary N) is 1. The molecular weight excluding hydrogens is 361 g/mol. The van der Waals surface area contributed by atoms with E-state index in [0.29, 0.717) is 19.0 Å². The van der Waals surface area contributed by atoms with E-state index in [1.165, 1.54) is 32.1 Å². The van der Waals surface area contributed by atoms with E-state index in [9.17, 15) is 5.11 Å². The molecule has 25 heavy (non-hydrogen) atoms. The van der Waals surface area contributed by atoms with Gasteiger partial charge in [0.15, 0.2) is 11.9 Å². The molecule has 6 nitrogen and oxygen atoms in total. The Morgan fingerprint density at radius 2 is 1.48 bits per heavy atom. The van der Waals surface area contributed by atoms with E-state index in [-0.39, 0.29) is 36.5 Å². The van der Waals surface area contributed by atoms with Crippen molar-refractivity contribution in [1.29, 1.82) is 0 Å². The van der Waals surface area contributed by atoms with E-state index in [1.54, 1.807) is 24.3 Å². The summed E-state index contributed by atoms with van der Waals surface area (Å²) >= 11 is 0. The van der Waals surface area contributed by atoms with Gasteiger partial charge in [0.1, 0.15) is 5.75 Å². The number of nitrogens with zero attached hydrogens (tertiary/aromatic N) is 2. The summed E-state index contributed by atoms with van der Waals surface area (Å²) in [6.07, 6.45) is 7.34. The lowest BCUT2D eigenvalue weighted by Gasteiger charge is -2.05. The molecule has 6 N–H and O–H groups in total. The molecule has 1 rings (SSSR count). The Balaban J connectivity index is 0. The summed E-state index contributed by atoms with van der Waals surface area (Å²) < 4.78 is 0. The van der Waals surface area contributed by atoms with Gasteiger partial charge in [-0.3, -0.25) is 10.3 Å². The molecule has 0 saturated heterocycles. The zero-order valence-electron chi connectivity index (χ0n) is 14.8. The number of nitrogens with two attached hydrogens (primary N) is 2. The first-order valence-electron chi connectivity index (χ1n) is 8.26. The molecule has 1 aromatic carbocycles. The zero-order valence-corrected chi connectivity index (χ0v) is 16.4. The van der Waals surface area contributed by atoms with Gasteiger partial charge in [0.05, 0.1) is 6.54 Å². The Kier molecular flexibility index (Phi) is 16.2. The van der Waals surface area contributed by atoms with Crippen LogP contribution in [0.15, 0.2) is 34.3 Å². The van der Waals surface area contributed by atoms with E-state index in [1.807, 2.05) is 0 Å². The lowest BCUT2D eigenvalue weighted by Crippen LogP contribution is -2.41. The summed E-state index contributed by atoms with van der Waals surface area (Å²) in [5.74, 6) is 0.766. The van der Waals surface area contributed by atoms with Gasteiger partial charge in [0.2, 0.25) is 0 Å². The SMILES string of the molecule is CCCCCCCCN=C(N)NC(N)=NCc1ccc(O)cc1.Cl.Cl. The number of unbranched alkanes of at least 4 members (excludes halogenated alkanes) is 5. The van der Waals surface area contributed by atoms with Crippen molar-refractivity contribution in [2.45, 2.75) is 52.0 Å². The lowest BCUT2D eigenvalue weighted by atomic mass is 10.1. The van der Waals surface area contributed by atoms with Crippen LogP contribution >= 0.6 is 24.8 Å². The fourth-order valence-electron chi connectivity index (χ4n) is 2.08. The minimum absolute atomic E-state index is 0. The Morgan fingerprint density at radius 1 is 0.920 bits per heavy atom. The van der Waals surface area contributed by atoms with E-state index in [2.05, 4.69) is 22.2 Å². The molecule has 0 aliphatic carbocycles. The highest BCUT2D eigenvalue weighted by atomic mass is 35.5. The van der Waals surface area contributed by atoms with Crippen molar-refractivity contribution in [2.24, 2.45) is 21.5 Å². The second-order valence-corrected chi connectivity index (χ2v) is 5.53. The highest BCUT2D eigenvalue weighted by Crippen LogP contribution is 2.10. The van der Waals surface area contributed by atoms with Crippen LogP contribution in [0.4, 0.5) is 0 Å². The predicted octanol–water partition coefficient (Wildman–Crippen LogP) is 3.32. The van der Waals surface area contributed by atoms with Gasteiger partial charge in [0.25, 0.3) is 0 Å². The average Bonchev–Trinajstić information content (AvgIpc) is 2.53. The molecule has 8 heteroatoms.